The van der Waals surface area contributed by atoms with Crippen molar-refractivity contribution in [3.8, 4) is 0 Å². The summed E-state index contributed by atoms with van der Waals surface area (Å²) in [5, 5.41) is 3.14. The largest absolute Gasteiger partial charge is 0.337 e. The van der Waals surface area contributed by atoms with Gasteiger partial charge >= 0.3 is 0 Å². The normalized spacial score (nSPS) is 18.9. The Bertz CT molecular complexity index is 400. The fraction of sp³-hybridized carbons (Fsp3) is 0.417. The van der Waals surface area contributed by atoms with Gasteiger partial charge in [-0.3, -0.25) is 4.79 Å². The summed E-state index contributed by atoms with van der Waals surface area (Å²) in [6.07, 6.45) is 0.956. The van der Waals surface area contributed by atoms with Crippen molar-refractivity contribution < 1.29 is 9.18 Å². The van der Waals surface area contributed by atoms with Gasteiger partial charge < -0.3 is 10.2 Å². The number of nitrogens with one attached hydrogen (secondary N) is 1. The number of hydrogen-bond donors (Lipinski definition) is 1. The highest BCUT2D eigenvalue weighted by atomic mass is 35.5. The third-order valence-corrected chi connectivity index (χ3v) is 2.96. The third kappa shape index (κ3) is 3.17. The lowest BCUT2D eigenvalue weighted by molar-refractivity contribution is 0.0789. The van der Waals surface area contributed by atoms with E-state index in [9.17, 15) is 9.18 Å². The molecule has 1 saturated heterocycles. The number of rotatable bonds is 2. The van der Waals surface area contributed by atoms with Gasteiger partial charge in [-0.05, 0) is 31.7 Å². The predicted octanol–water partition coefficient (Wildman–Crippen LogP) is 1.68. The predicted molar refractivity (Wildman–Crippen MR) is 67.0 cm³/mol. The monoisotopic (exact) mass is 258 g/mol. The molecule has 1 N–H and O–H groups in total. The SMILES string of the molecule is CNC1CCN(C(=O)c2cccc(F)c2)C1.Cl. The second-order valence-electron chi connectivity index (χ2n) is 4.04. The van der Waals surface area contributed by atoms with E-state index in [1.807, 2.05) is 7.05 Å². The van der Waals surface area contributed by atoms with E-state index in [1.54, 1.807) is 17.0 Å². The summed E-state index contributed by atoms with van der Waals surface area (Å²) in [4.78, 5) is 13.8. The summed E-state index contributed by atoms with van der Waals surface area (Å²) in [7, 11) is 1.89. The number of benzene rings is 1. The first-order chi connectivity index (χ1) is 7.70. The second kappa shape index (κ2) is 5.98. The summed E-state index contributed by atoms with van der Waals surface area (Å²) in [6.45, 7) is 1.44. The molecule has 1 heterocycles. The number of likely N-dealkylation sites (N-methyl/N-ethyl adjacent to an activating group) is 1. The third-order valence-electron chi connectivity index (χ3n) is 2.96. The Morgan fingerprint density at radius 2 is 2.29 bits per heavy atom. The minimum atomic E-state index is -0.366. The first-order valence-corrected chi connectivity index (χ1v) is 5.43. The fourth-order valence-corrected chi connectivity index (χ4v) is 1.98. The Labute approximate surface area is 106 Å². The molecule has 2 rings (SSSR count). The molecular formula is C12H16ClFN2O. The molecule has 1 aliphatic heterocycles. The Morgan fingerprint density at radius 1 is 1.53 bits per heavy atom. The zero-order chi connectivity index (χ0) is 11.5. The molecule has 5 heteroatoms. The maximum absolute atomic E-state index is 13.0. The van der Waals surface area contributed by atoms with Gasteiger partial charge in [-0.25, -0.2) is 4.39 Å². The molecule has 0 spiro atoms. The molecule has 1 aromatic carbocycles. The minimum absolute atomic E-state index is 0. The quantitative estimate of drug-likeness (QED) is 0.876. The average Bonchev–Trinajstić information content (AvgIpc) is 2.76. The fourth-order valence-electron chi connectivity index (χ4n) is 1.98. The highest BCUT2D eigenvalue weighted by Gasteiger charge is 2.25. The van der Waals surface area contributed by atoms with E-state index in [1.165, 1.54) is 12.1 Å². The van der Waals surface area contributed by atoms with E-state index >= 15 is 0 Å². The summed E-state index contributed by atoms with van der Waals surface area (Å²) in [5.41, 5.74) is 0.428. The Hall–Kier alpha value is -1.13. The molecule has 1 amide bonds. The Morgan fingerprint density at radius 3 is 2.88 bits per heavy atom. The van der Waals surface area contributed by atoms with E-state index in [-0.39, 0.29) is 24.1 Å². The van der Waals surface area contributed by atoms with Gasteiger partial charge in [0.1, 0.15) is 5.82 Å². The van der Waals surface area contributed by atoms with Crippen LogP contribution in [-0.2, 0) is 0 Å². The zero-order valence-corrected chi connectivity index (χ0v) is 10.5. The standard InChI is InChI=1S/C12H15FN2O.ClH/c1-14-11-5-6-15(8-11)12(16)9-3-2-4-10(13)7-9;/h2-4,7,11,14H,5-6,8H2,1H3;1H. The number of halogens is 2. The van der Waals surface area contributed by atoms with Crippen molar-refractivity contribution in [2.45, 2.75) is 12.5 Å². The average molecular weight is 259 g/mol. The van der Waals surface area contributed by atoms with E-state index in [0.29, 0.717) is 18.2 Å². The Balaban J connectivity index is 0.00000144. The molecule has 0 aliphatic carbocycles. The number of amides is 1. The maximum Gasteiger partial charge on any atom is 0.254 e. The molecule has 17 heavy (non-hydrogen) atoms. The van der Waals surface area contributed by atoms with Crippen LogP contribution in [0.1, 0.15) is 16.8 Å². The van der Waals surface area contributed by atoms with Gasteiger partial charge in [-0.1, -0.05) is 6.07 Å². The van der Waals surface area contributed by atoms with Crippen LogP contribution >= 0.6 is 12.4 Å². The van der Waals surface area contributed by atoms with Crippen LogP contribution in [-0.4, -0.2) is 37.0 Å². The lowest BCUT2D eigenvalue weighted by Crippen LogP contribution is -2.33. The highest BCUT2D eigenvalue weighted by molar-refractivity contribution is 5.94. The summed E-state index contributed by atoms with van der Waals surface area (Å²) < 4.78 is 13.0. The summed E-state index contributed by atoms with van der Waals surface area (Å²) >= 11 is 0. The number of likely N-dealkylation sites (tertiary alicyclic amines) is 1. The van der Waals surface area contributed by atoms with E-state index in [0.717, 1.165) is 13.0 Å². The molecule has 0 saturated carbocycles. The van der Waals surface area contributed by atoms with Crippen molar-refractivity contribution in [3.63, 3.8) is 0 Å². The minimum Gasteiger partial charge on any atom is -0.337 e. The van der Waals surface area contributed by atoms with Gasteiger partial charge in [-0.2, -0.15) is 0 Å². The van der Waals surface area contributed by atoms with Gasteiger partial charge in [-0.15, -0.1) is 12.4 Å². The highest BCUT2D eigenvalue weighted by Crippen LogP contribution is 2.14. The van der Waals surface area contributed by atoms with Crippen molar-refractivity contribution in [3.05, 3.63) is 35.6 Å². The number of hydrogen-bond acceptors (Lipinski definition) is 2. The summed E-state index contributed by atoms with van der Waals surface area (Å²) in [5.74, 6) is -0.451. The van der Waals surface area contributed by atoms with Crippen molar-refractivity contribution in [1.82, 2.24) is 10.2 Å². The van der Waals surface area contributed by atoms with E-state index in [2.05, 4.69) is 5.32 Å². The molecule has 1 aliphatic rings. The number of carbonyl (C=O) groups excluding carboxylic acids is 1. The molecule has 1 fully saturated rings. The topological polar surface area (TPSA) is 32.3 Å². The Kier molecular flexibility index (Phi) is 4.90. The van der Waals surface area contributed by atoms with Gasteiger partial charge in [0.2, 0.25) is 0 Å². The van der Waals surface area contributed by atoms with Crippen LogP contribution in [0.25, 0.3) is 0 Å². The molecule has 0 aromatic heterocycles. The van der Waals surface area contributed by atoms with Gasteiger partial charge in [0.25, 0.3) is 5.91 Å². The smallest absolute Gasteiger partial charge is 0.254 e. The van der Waals surface area contributed by atoms with E-state index in [4.69, 9.17) is 0 Å². The molecule has 1 unspecified atom stereocenters. The van der Waals surface area contributed by atoms with Crippen LogP contribution in [0.15, 0.2) is 24.3 Å². The van der Waals surface area contributed by atoms with Gasteiger partial charge in [0, 0.05) is 24.7 Å². The molecule has 1 atom stereocenters. The first kappa shape index (κ1) is 13.9. The number of carbonyl (C=O) groups is 1. The first-order valence-electron chi connectivity index (χ1n) is 5.43. The van der Waals surface area contributed by atoms with Crippen molar-refractivity contribution >= 4 is 18.3 Å². The molecular weight excluding hydrogens is 243 g/mol. The molecule has 0 radical (unpaired) electrons. The van der Waals surface area contributed by atoms with Crippen molar-refractivity contribution in [2.24, 2.45) is 0 Å². The van der Waals surface area contributed by atoms with Crippen LogP contribution in [0.4, 0.5) is 4.39 Å². The lowest BCUT2D eigenvalue weighted by atomic mass is 10.2. The second-order valence-corrected chi connectivity index (χ2v) is 4.04. The van der Waals surface area contributed by atoms with Crippen LogP contribution in [0.3, 0.4) is 0 Å². The molecule has 0 bridgehead atoms. The van der Waals surface area contributed by atoms with E-state index < -0.39 is 0 Å². The van der Waals surface area contributed by atoms with Crippen LogP contribution < -0.4 is 5.32 Å². The van der Waals surface area contributed by atoms with Crippen molar-refractivity contribution in [1.29, 1.82) is 0 Å². The zero-order valence-electron chi connectivity index (χ0n) is 9.65. The van der Waals surface area contributed by atoms with Crippen LogP contribution in [0.2, 0.25) is 0 Å². The van der Waals surface area contributed by atoms with Gasteiger partial charge in [0.15, 0.2) is 0 Å². The molecule has 1 aromatic rings. The summed E-state index contributed by atoms with van der Waals surface area (Å²) in [6, 6.07) is 6.20. The maximum atomic E-state index is 13.0. The molecule has 94 valence electrons. The number of nitrogens with zero attached hydrogens (tertiary/aromatic N) is 1. The molecule has 3 nitrogen and oxygen atoms in total. The van der Waals surface area contributed by atoms with Crippen molar-refractivity contribution in [2.75, 3.05) is 20.1 Å². The van der Waals surface area contributed by atoms with Gasteiger partial charge in [0.05, 0.1) is 0 Å². The van der Waals surface area contributed by atoms with Crippen LogP contribution in [0, 0.1) is 5.82 Å². The lowest BCUT2D eigenvalue weighted by Gasteiger charge is -2.16. The van der Waals surface area contributed by atoms with Crippen LogP contribution in [0.5, 0.6) is 0 Å².